The standard InChI is InChI=1S/C13H27N3O2/c1-3-7-15-12(13(14)17)6-10-16-8-4-11(18-2)5-9-16/h11-12,15H,3-10H2,1-2H3,(H2,14,17). The summed E-state index contributed by atoms with van der Waals surface area (Å²) in [4.78, 5) is 13.7. The molecule has 106 valence electrons. The van der Waals surface area contributed by atoms with Gasteiger partial charge in [-0.1, -0.05) is 6.92 Å². The van der Waals surface area contributed by atoms with E-state index in [9.17, 15) is 4.79 Å². The van der Waals surface area contributed by atoms with E-state index in [2.05, 4.69) is 17.1 Å². The molecular weight excluding hydrogens is 230 g/mol. The molecular formula is C13H27N3O2. The molecule has 1 fully saturated rings. The first-order chi connectivity index (χ1) is 8.67. The third-order valence-corrected chi connectivity index (χ3v) is 3.59. The maximum absolute atomic E-state index is 11.3. The van der Waals surface area contributed by atoms with Gasteiger partial charge in [-0.2, -0.15) is 0 Å². The zero-order chi connectivity index (χ0) is 13.4. The fourth-order valence-corrected chi connectivity index (χ4v) is 2.34. The minimum absolute atomic E-state index is 0.190. The maximum atomic E-state index is 11.3. The Labute approximate surface area is 110 Å². The molecule has 18 heavy (non-hydrogen) atoms. The lowest BCUT2D eigenvalue weighted by atomic mass is 10.1. The third kappa shape index (κ3) is 5.33. The van der Waals surface area contributed by atoms with Gasteiger partial charge in [-0.05, 0) is 32.2 Å². The van der Waals surface area contributed by atoms with Crippen LogP contribution in [0, 0.1) is 0 Å². The third-order valence-electron chi connectivity index (χ3n) is 3.59. The number of nitrogens with zero attached hydrogens (tertiary/aromatic N) is 1. The minimum atomic E-state index is -0.241. The number of hydrogen-bond acceptors (Lipinski definition) is 4. The fraction of sp³-hybridized carbons (Fsp3) is 0.923. The first-order valence-corrected chi connectivity index (χ1v) is 6.95. The van der Waals surface area contributed by atoms with Crippen LogP contribution in [0.5, 0.6) is 0 Å². The second-order valence-electron chi connectivity index (χ2n) is 4.97. The summed E-state index contributed by atoms with van der Waals surface area (Å²) < 4.78 is 5.34. The van der Waals surface area contributed by atoms with Gasteiger partial charge in [0, 0.05) is 26.7 Å². The molecule has 1 amide bonds. The lowest BCUT2D eigenvalue weighted by Gasteiger charge is -2.31. The second kappa shape index (κ2) is 8.45. The zero-order valence-corrected chi connectivity index (χ0v) is 11.7. The van der Waals surface area contributed by atoms with Crippen molar-refractivity contribution < 1.29 is 9.53 Å². The highest BCUT2D eigenvalue weighted by atomic mass is 16.5. The van der Waals surface area contributed by atoms with E-state index in [1.807, 2.05) is 0 Å². The average molecular weight is 257 g/mol. The fourth-order valence-electron chi connectivity index (χ4n) is 2.34. The molecule has 1 atom stereocenters. The van der Waals surface area contributed by atoms with Crippen molar-refractivity contribution in [2.45, 2.75) is 44.8 Å². The van der Waals surface area contributed by atoms with E-state index < -0.39 is 0 Å². The van der Waals surface area contributed by atoms with E-state index >= 15 is 0 Å². The second-order valence-corrected chi connectivity index (χ2v) is 4.97. The summed E-state index contributed by atoms with van der Waals surface area (Å²) >= 11 is 0. The molecule has 0 aromatic heterocycles. The lowest BCUT2D eigenvalue weighted by molar-refractivity contribution is -0.120. The average Bonchev–Trinajstić information content (AvgIpc) is 2.39. The number of rotatable bonds is 8. The van der Waals surface area contributed by atoms with Crippen molar-refractivity contribution in [1.29, 1.82) is 0 Å². The molecule has 1 heterocycles. The summed E-state index contributed by atoms with van der Waals surface area (Å²) in [6.45, 7) is 5.97. The lowest BCUT2D eigenvalue weighted by Crippen LogP contribution is -2.45. The Balaban J connectivity index is 2.23. The number of ether oxygens (including phenoxy) is 1. The van der Waals surface area contributed by atoms with Crippen molar-refractivity contribution in [1.82, 2.24) is 10.2 Å². The molecule has 1 aliphatic rings. The van der Waals surface area contributed by atoms with Crippen molar-refractivity contribution in [3.63, 3.8) is 0 Å². The summed E-state index contributed by atoms with van der Waals surface area (Å²) in [6.07, 6.45) is 4.39. The Bertz CT molecular complexity index is 240. The number of carbonyl (C=O) groups is 1. The highest BCUT2D eigenvalue weighted by molar-refractivity contribution is 5.79. The molecule has 0 aliphatic carbocycles. The van der Waals surface area contributed by atoms with E-state index in [-0.39, 0.29) is 11.9 Å². The first kappa shape index (κ1) is 15.4. The summed E-state index contributed by atoms with van der Waals surface area (Å²) in [5.41, 5.74) is 5.40. The van der Waals surface area contributed by atoms with Gasteiger partial charge >= 0.3 is 0 Å². The van der Waals surface area contributed by atoms with Crippen LogP contribution < -0.4 is 11.1 Å². The largest absolute Gasteiger partial charge is 0.381 e. The van der Waals surface area contributed by atoms with Crippen molar-refractivity contribution in [3.05, 3.63) is 0 Å². The number of likely N-dealkylation sites (tertiary alicyclic amines) is 1. The minimum Gasteiger partial charge on any atom is -0.381 e. The number of amides is 1. The maximum Gasteiger partial charge on any atom is 0.234 e. The summed E-state index contributed by atoms with van der Waals surface area (Å²) in [7, 11) is 1.78. The van der Waals surface area contributed by atoms with Gasteiger partial charge < -0.3 is 20.7 Å². The van der Waals surface area contributed by atoms with Crippen LogP contribution in [0.15, 0.2) is 0 Å². The van der Waals surface area contributed by atoms with Crippen LogP contribution in [-0.2, 0) is 9.53 Å². The molecule has 1 aliphatic heterocycles. The van der Waals surface area contributed by atoms with E-state index in [4.69, 9.17) is 10.5 Å². The van der Waals surface area contributed by atoms with Crippen LogP contribution in [0.2, 0.25) is 0 Å². The quantitative estimate of drug-likeness (QED) is 0.658. The molecule has 0 spiro atoms. The van der Waals surface area contributed by atoms with Gasteiger partial charge in [0.15, 0.2) is 0 Å². The van der Waals surface area contributed by atoms with Gasteiger partial charge in [-0.3, -0.25) is 4.79 Å². The number of primary amides is 1. The van der Waals surface area contributed by atoms with Crippen molar-refractivity contribution in [3.8, 4) is 0 Å². The summed E-state index contributed by atoms with van der Waals surface area (Å²) in [5.74, 6) is -0.241. The monoisotopic (exact) mass is 257 g/mol. The highest BCUT2D eigenvalue weighted by Crippen LogP contribution is 2.13. The topological polar surface area (TPSA) is 67.6 Å². The van der Waals surface area contributed by atoms with Crippen molar-refractivity contribution in [2.75, 3.05) is 33.3 Å². The first-order valence-electron chi connectivity index (χ1n) is 6.95. The van der Waals surface area contributed by atoms with E-state index in [0.29, 0.717) is 6.10 Å². The van der Waals surface area contributed by atoms with E-state index in [1.165, 1.54) is 0 Å². The predicted molar refractivity (Wildman–Crippen MR) is 72.4 cm³/mol. The number of piperidine rings is 1. The smallest absolute Gasteiger partial charge is 0.234 e. The van der Waals surface area contributed by atoms with Crippen LogP contribution in [0.1, 0.15) is 32.6 Å². The molecule has 1 saturated heterocycles. The molecule has 1 rings (SSSR count). The molecule has 5 nitrogen and oxygen atoms in total. The van der Waals surface area contributed by atoms with Gasteiger partial charge in [-0.15, -0.1) is 0 Å². The Morgan fingerprint density at radius 2 is 2.17 bits per heavy atom. The Hall–Kier alpha value is -0.650. The highest BCUT2D eigenvalue weighted by Gasteiger charge is 2.20. The van der Waals surface area contributed by atoms with Crippen LogP contribution in [0.25, 0.3) is 0 Å². The molecule has 0 aromatic rings. The van der Waals surface area contributed by atoms with E-state index in [1.54, 1.807) is 7.11 Å². The molecule has 0 aromatic carbocycles. The van der Waals surface area contributed by atoms with Crippen LogP contribution in [-0.4, -0.2) is 56.2 Å². The number of nitrogens with two attached hydrogens (primary N) is 1. The van der Waals surface area contributed by atoms with Gasteiger partial charge in [-0.25, -0.2) is 0 Å². The molecule has 0 bridgehead atoms. The molecule has 3 N–H and O–H groups in total. The van der Waals surface area contributed by atoms with Crippen molar-refractivity contribution in [2.24, 2.45) is 5.73 Å². The zero-order valence-electron chi connectivity index (χ0n) is 11.7. The van der Waals surface area contributed by atoms with Crippen LogP contribution >= 0.6 is 0 Å². The van der Waals surface area contributed by atoms with Gasteiger partial charge in [0.05, 0.1) is 12.1 Å². The molecule has 0 saturated carbocycles. The Morgan fingerprint density at radius 1 is 1.50 bits per heavy atom. The number of nitrogens with one attached hydrogen (secondary N) is 1. The molecule has 0 radical (unpaired) electrons. The van der Waals surface area contributed by atoms with Gasteiger partial charge in [0.2, 0.25) is 5.91 Å². The van der Waals surface area contributed by atoms with Crippen LogP contribution in [0.3, 0.4) is 0 Å². The summed E-state index contributed by atoms with van der Waals surface area (Å²) in [5, 5.41) is 3.20. The van der Waals surface area contributed by atoms with Gasteiger partial charge in [0.1, 0.15) is 0 Å². The van der Waals surface area contributed by atoms with Crippen molar-refractivity contribution >= 4 is 5.91 Å². The van der Waals surface area contributed by atoms with E-state index in [0.717, 1.165) is 51.9 Å². The normalized spacial score (nSPS) is 19.9. The summed E-state index contributed by atoms with van der Waals surface area (Å²) in [6, 6.07) is -0.190. The number of carbonyl (C=O) groups excluding carboxylic acids is 1. The SMILES string of the molecule is CCCNC(CCN1CCC(OC)CC1)C(N)=O. The van der Waals surface area contributed by atoms with Gasteiger partial charge in [0.25, 0.3) is 0 Å². The van der Waals surface area contributed by atoms with Crippen LogP contribution in [0.4, 0.5) is 0 Å². The number of methoxy groups -OCH3 is 1. The molecule has 5 heteroatoms. The predicted octanol–water partition coefficient (Wildman–Crippen LogP) is 0.341. The Kier molecular flexibility index (Phi) is 7.23. The Morgan fingerprint density at radius 3 is 2.67 bits per heavy atom. The molecule has 1 unspecified atom stereocenters. The number of hydrogen-bond donors (Lipinski definition) is 2.